The Morgan fingerprint density at radius 2 is 2.17 bits per heavy atom. The first-order valence-corrected chi connectivity index (χ1v) is 6.76. The van der Waals surface area contributed by atoms with Crippen LogP contribution >= 0.6 is 11.3 Å². The predicted octanol–water partition coefficient (Wildman–Crippen LogP) is 1.66. The van der Waals surface area contributed by atoms with Crippen molar-refractivity contribution < 1.29 is 10.0 Å². The molecule has 0 atom stereocenters. The van der Waals surface area contributed by atoms with Crippen LogP contribution in [-0.4, -0.2) is 34.9 Å². The van der Waals surface area contributed by atoms with Gasteiger partial charge in [-0.3, -0.25) is 4.79 Å². The number of carbonyl (C=O) groups is 1. The molecule has 0 aliphatic carbocycles. The Morgan fingerprint density at radius 1 is 1.50 bits per heavy atom. The lowest BCUT2D eigenvalue weighted by Crippen LogP contribution is -2.41. The summed E-state index contributed by atoms with van der Waals surface area (Å²) in [7, 11) is 0. The van der Waals surface area contributed by atoms with E-state index in [0.717, 1.165) is 22.6 Å². The summed E-state index contributed by atoms with van der Waals surface area (Å²) in [6.07, 6.45) is 1.51. The van der Waals surface area contributed by atoms with E-state index in [1.54, 1.807) is 0 Å². The first kappa shape index (κ1) is 12.9. The van der Waals surface area contributed by atoms with E-state index in [1.807, 2.05) is 24.0 Å². The number of thiophene rings is 1. The van der Waals surface area contributed by atoms with E-state index in [9.17, 15) is 4.79 Å². The van der Waals surface area contributed by atoms with Crippen LogP contribution in [0.4, 0.5) is 0 Å². The number of nitrogens with two attached hydrogens (primary N) is 1. The lowest BCUT2D eigenvalue weighted by atomic mass is 9.96. The Balaban J connectivity index is 1.96. The van der Waals surface area contributed by atoms with Gasteiger partial charge in [-0.25, -0.2) is 0 Å². The molecule has 1 amide bonds. The third-order valence-corrected chi connectivity index (χ3v) is 4.26. The Kier molecular flexibility index (Phi) is 3.86. The van der Waals surface area contributed by atoms with Gasteiger partial charge >= 0.3 is 0 Å². The van der Waals surface area contributed by atoms with Gasteiger partial charge in [-0.2, -0.15) is 0 Å². The molecule has 0 radical (unpaired) electrons. The van der Waals surface area contributed by atoms with Gasteiger partial charge in [0.1, 0.15) is 5.84 Å². The number of hydrogen-bond donors (Lipinski definition) is 2. The molecule has 1 aliphatic heterocycles. The van der Waals surface area contributed by atoms with Crippen LogP contribution in [0.5, 0.6) is 0 Å². The summed E-state index contributed by atoms with van der Waals surface area (Å²) in [5.74, 6) is 0.448. The highest BCUT2D eigenvalue weighted by Crippen LogP contribution is 2.22. The van der Waals surface area contributed by atoms with Gasteiger partial charge in [0, 0.05) is 23.9 Å². The van der Waals surface area contributed by atoms with Crippen LogP contribution in [0.1, 0.15) is 27.4 Å². The van der Waals surface area contributed by atoms with Gasteiger partial charge in [0.15, 0.2) is 0 Å². The highest BCUT2D eigenvalue weighted by atomic mass is 32.1. The Labute approximate surface area is 110 Å². The van der Waals surface area contributed by atoms with E-state index in [4.69, 9.17) is 10.9 Å². The second-order valence-corrected chi connectivity index (χ2v) is 5.79. The van der Waals surface area contributed by atoms with E-state index >= 15 is 0 Å². The fraction of sp³-hybridized carbons (Fsp3) is 0.500. The number of amidine groups is 1. The minimum absolute atomic E-state index is 0.0871. The molecule has 5 nitrogen and oxygen atoms in total. The molecule has 1 aliphatic rings. The number of oxime groups is 1. The third-order valence-electron chi connectivity index (χ3n) is 3.27. The van der Waals surface area contributed by atoms with Crippen LogP contribution in [0, 0.1) is 12.8 Å². The van der Waals surface area contributed by atoms with Crippen LogP contribution in [-0.2, 0) is 0 Å². The maximum absolute atomic E-state index is 12.2. The van der Waals surface area contributed by atoms with Gasteiger partial charge in [-0.15, -0.1) is 11.3 Å². The Morgan fingerprint density at radius 3 is 2.67 bits per heavy atom. The number of likely N-dealkylation sites (tertiary alicyclic amines) is 1. The zero-order chi connectivity index (χ0) is 13.1. The van der Waals surface area contributed by atoms with E-state index < -0.39 is 0 Å². The summed E-state index contributed by atoms with van der Waals surface area (Å²) < 4.78 is 0. The molecule has 6 heteroatoms. The van der Waals surface area contributed by atoms with Crippen LogP contribution in [0.25, 0.3) is 0 Å². The van der Waals surface area contributed by atoms with Gasteiger partial charge in [0.2, 0.25) is 0 Å². The average molecular weight is 267 g/mol. The average Bonchev–Trinajstić information content (AvgIpc) is 2.84. The number of amides is 1. The van der Waals surface area contributed by atoms with Gasteiger partial charge in [-0.05, 0) is 31.9 Å². The summed E-state index contributed by atoms with van der Waals surface area (Å²) in [4.78, 5) is 16.0. The smallest absolute Gasteiger partial charge is 0.263 e. The molecule has 0 spiro atoms. The summed E-state index contributed by atoms with van der Waals surface area (Å²) in [5, 5.41) is 11.7. The maximum atomic E-state index is 12.2. The fourth-order valence-electron chi connectivity index (χ4n) is 2.17. The number of piperidine rings is 1. The minimum Gasteiger partial charge on any atom is -0.409 e. The van der Waals surface area contributed by atoms with Gasteiger partial charge in [-0.1, -0.05) is 5.16 Å². The predicted molar refractivity (Wildman–Crippen MR) is 71.1 cm³/mol. The molecule has 0 bridgehead atoms. The first-order chi connectivity index (χ1) is 8.61. The van der Waals surface area contributed by atoms with Gasteiger partial charge in [0.25, 0.3) is 5.91 Å². The molecule has 0 saturated carbocycles. The van der Waals surface area contributed by atoms with Crippen molar-refractivity contribution in [1.82, 2.24) is 4.90 Å². The Hall–Kier alpha value is -1.56. The zero-order valence-corrected chi connectivity index (χ0v) is 11.1. The van der Waals surface area contributed by atoms with Crippen molar-refractivity contribution in [2.45, 2.75) is 19.8 Å². The van der Waals surface area contributed by atoms with Crippen LogP contribution in [0.3, 0.4) is 0 Å². The SMILES string of the molecule is Cc1ccc(C(=O)N2CCC(/C(N)=N/O)CC2)s1. The van der Waals surface area contributed by atoms with Crippen molar-refractivity contribution in [3.8, 4) is 0 Å². The number of carbonyl (C=O) groups excluding carboxylic acids is 1. The molecule has 0 aromatic carbocycles. The molecule has 1 aromatic heterocycles. The summed E-state index contributed by atoms with van der Waals surface area (Å²) in [6, 6.07) is 3.83. The molecule has 1 saturated heterocycles. The minimum atomic E-state index is 0.0871. The van der Waals surface area contributed by atoms with E-state index in [2.05, 4.69) is 5.16 Å². The number of aryl methyl sites for hydroxylation is 1. The zero-order valence-electron chi connectivity index (χ0n) is 10.3. The number of hydrogen-bond acceptors (Lipinski definition) is 4. The van der Waals surface area contributed by atoms with E-state index in [1.165, 1.54) is 11.3 Å². The highest BCUT2D eigenvalue weighted by Gasteiger charge is 2.26. The van der Waals surface area contributed by atoms with Gasteiger partial charge < -0.3 is 15.8 Å². The molecule has 18 heavy (non-hydrogen) atoms. The fourth-order valence-corrected chi connectivity index (χ4v) is 3.00. The lowest BCUT2D eigenvalue weighted by Gasteiger charge is -2.31. The van der Waals surface area contributed by atoms with Crippen molar-refractivity contribution in [1.29, 1.82) is 0 Å². The molecule has 2 rings (SSSR count). The molecule has 0 unspecified atom stereocenters. The normalized spacial score (nSPS) is 18.1. The monoisotopic (exact) mass is 267 g/mol. The standard InChI is InChI=1S/C12H17N3O2S/c1-8-2-3-10(18-8)12(16)15-6-4-9(5-7-15)11(13)14-17/h2-3,9,17H,4-7H2,1H3,(H2,13,14). The summed E-state index contributed by atoms with van der Waals surface area (Å²) in [6.45, 7) is 3.32. The van der Waals surface area contributed by atoms with Crippen molar-refractivity contribution in [2.75, 3.05) is 13.1 Å². The van der Waals surface area contributed by atoms with Crippen molar-refractivity contribution >= 4 is 23.1 Å². The molecular formula is C12H17N3O2S. The summed E-state index contributed by atoms with van der Waals surface area (Å²) >= 11 is 1.52. The largest absolute Gasteiger partial charge is 0.409 e. The molecule has 3 N–H and O–H groups in total. The topological polar surface area (TPSA) is 78.9 Å². The van der Waals surface area contributed by atoms with Crippen LogP contribution in [0.15, 0.2) is 17.3 Å². The molecule has 98 valence electrons. The van der Waals surface area contributed by atoms with E-state index in [0.29, 0.717) is 13.1 Å². The van der Waals surface area contributed by atoms with E-state index in [-0.39, 0.29) is 17.7 Å². The number of nitrogens with zero attached hydrogens (tertiary/aromatic N) is 2. The Bertz CT molecular complexity index is 462. The van der Waals surface area contributed by atoms with Gasteiger partial charge in [0.05, 0.1) is 4.88 Å². The molecule has 2 heterocycles. The third kappa shape index (κ3) is 2.64. The quantitative estimate of drug-likeness (QED) is 0.370. The molecule has 1 fully saturated rings. The second kappa shape index (κ2) is 5.39. The van der Waals surface area contributed by atoms with Crippen molar-refractivity contribution in [3.05, 3.63) is 21.9 Å². The van der Waals surface area contributed by atoms with Crippen LogP contribution < -0.4 is 5.73 Å². The number of rotatable bonds is 2. The van der Waals surface area contributed by atoms with Crippen molar-refractivity contribution in [3.63, 3.8) is 0 Å². The second-order valence-electron chi connectivity index (χ2n) is 4.50. The van der Waals surface area contributed by atoms with Crippen LogP contribution in [0.2, 0.25) is 0 Å². The summed E-state index contributed by atoms with van der Waals surface area (Å²) in [5.41, 5.74) is 5.58. The maximum Gasteiger partial charge on any atom is 0.263 e. The lowest BCUT2D eigenvalue weighted by molar-refractivity contribution is 0.0714. The molecular weight excluding hydrogens is 250 g/mol. The highest BCUT2D eigenvalue weighted by molar-refractivity contribution is 7.13. The molecule has 1 aromatic rings. The first-order valence-electron chi connectivity index (χ1n) is 5.95. The van der Waals surface area contributed by atoms with Crippen molar-refractivity contribution in [2.24, 2.45) is 16.8 Å².